The van der Waals surface area contributed by atoms with E-state index in [4.69, 9.17) is 4.42 Å². The molecule has 0 amide bonds. The second kappa shape index (κ2) is 6.40. The summed E-state index contributed by atoms with van der Waals surface area (Å²) in [6, 6.07) is 2.14. The molecule has 0 unspecified atom stereocenters. The van der Waals surface area contributed by atoms with Gasteiger partial charge in [0.1, 0.15) is 10.7 Å². The molecule has 0 radical (unpaired) electrons. The average molecular weight is 379 g/mol. The number of rotatable bonds is 7. The number of furan rings is 1. The van der Waals surface area contributed by atoms with Gasteiger partial charge < -0.3 is 9.73 Å². The lowest BCUT2D eigenvalue weighted by molar-refractivity contribution is 0.378. The Morgan fingerprint density at radius 2 is 2.05 bits per heavy atom. The van der Waals surface area contributed by atoms with Crippen LogP contribution in [0.15, 0.2) is 20.0 Å². The van der Waals surface area contributed by atoms with Crippen LogP contribution in [0.3, 0.4) is 0 Å². The predicted molar refractivity (Wildman–Crippen MR) is 85.5 cm³/mol. The van der Waals surface area contributed by atoms with E-state index in [1.165, 1.54) is 12.8 Å². The third-order valence-corrected chi connectivity index (χ3v) is 5.62. The highest BCUT2D eigenvalue weighted by Gasteiger charge is 2.25. The van der Waals surface area contributed by atoms with Gasteiger partial charge in [0.15, 0.2) is 4.67 Å². The Morgan fingerprint density at radius 3 is 2.62 bits per heavy atom. The van der Waals surface area contributed by atoms with Crippen LogP contribution in [0.5, 0.6) is 0 Å². The maximum Gasteiger partial charge on any atom is 0.244 e. The van der Waals surface area contributed by atoms with Gasteiger partial charge >= 0.3 is 0 Å². The van der Waals surface area contributed by atoms with Crippen LogP contribution in [0, 0.1) is 5.41 Å². The molecule has 5 nitrogen and oxygen atoms in total. The fourth-order valence-electron chi connectivity index (χ4n) is 1.84. The predicted octanol–water partition coefficient (Wildman–Crippen LogP) is 3.01. The SMILES string of the molecule is CC(C)(C)CCNS(=O)(=O)c1cc(CNC2CC2)oc1Br. The second-order valence-corrected chi connectivity index (χ2v) is 9.17. The fourth-order valence-corrected chi connectivity index (χ4v) is 3.87. The molecule has 1 aromatic heterocycles. The van der Waals surface area contributed by atoms with E-state index in [2.05, 4.69) is 46.7 Å². The minimum Gasteiger partial charge on any atom is -0.452 e. The van der Waals surface area contributed by atoms with Crippen LogP contribution in [0.25, 0.3) is 0 Å². The van der Waals surface area contributed by atoms with Gasteiger partial charge in [0.25, 0.3) is 0 Å². The van der Waals surface area contributed by atoms with Gasteiger partial charge in [-0.15, -0.1) is 0 Å². The van der Waals surface area contributed by atoms with Gasteiger partial charge in [0.05, 0.1) is 6.54 Å². The van der Waals surface area contributed by atoms with Crippen LogP contribution >= 0.6 is 15.9 Å². The topological polar surface area (TPSA) is 71.3 Å². The second-order valence-electron chi connectivity index (χ2n) is 6.71. The smallest absolute Gasteiger partial charge is 0.244 e. The summed E-state index contributed by atoms with van der Waals surface area (Å²) < 4.78 is 32.9. The summed E-state index contributed by atoms with van der Waals surface area (Å²) in [5.41, 5.74) is 0.0928. The monoisotopic (exact) mass is 378 g/mol. The van der Waals surface area contributed by atoms with Crippen molar-refractivity contribution in [3.63, 3.8) is 0 Å². The molecule has 1 heterocycles. The van der Waals surface area contributed by atoms with Crippen LogP contribution in [0.4, 0.5) is 0 Å². The van der Waals surface area contributed by atoms with Gasteiger partial charge in [-0.2, -0.15) is 0 Å². The fraction of sp³-hybridized carbons (Fsp3) is 0.714. The lowest BCUT2D eigenvalue weighted by Gasteiger charge is -2.17. The van der Waals surface area contributed by atoms with Crippen molar-refractivity contribution < 1.29 is 12.8 Å². The molecule has 0 spiro atoms. The van der Waals surface area contributed by atoms with Crippen molar-refractivity contribution in [3.8, 4) is 0 Å². The molecule has 1 saturated carbocycles. The van der Waals surface area contributed by atoms with E-state index in [9.17, 15) is 8.42 Å². The summed E-state index contributed by atoms with van der Waals surface area (Å²) in [7, 11) is -3.53. The minimum absolute atomic E-state index is 0.0928. The summed E-state index contributed by atoms with van der Waals surface area (Å²) in [6.45, 7) is 7.21. The quantitative estimate of drug-likeness (QED) is 0.764. The van der Waals surface area contributed by atoms with Gasteiger partial charge in [-0.1, -0.05) is 20.8 Å². The normalized spacial score (nSPS) is 16.4. The highest BCUT2D eigenvalue weighted by molar-refractivity contribution is 9.10. The van der Waals surface area contributed by atoms with Gasteiger partial charge in [-0.25, -0.2) is 13.1 Å². The molecule has 0 saturated heterocycles. The Bertz CT molecular complexity index is 586. The summed E-state index contributed by atoms with van der Waals surface area (Å²) in [5, 5.41) is 3.30. The largest absolute Gasteiger partial charge is 0.452 e. The molecular weight excluding hydrogens is 356 g/mol. The van der Waals surface area contributed by atoms with E-state index in [1.54, 1.807) is 6.07 Å². The number of nitrogens with one attached hydrogen (secondary N) is 2. The molecule has 0 atom stereocenters. The first kappa shape index (κ1) is 17.0. The van der Waals surface area contributed by atoms with Crippen molar-refractivity contribution in [1.29, 1.82) is 0 Å². The van der Waals surface area contributed by atoms with E-state index in [-0.39, 0.29) is 15.0 Å². The van der Waals surface area contributed by atoms with Crippen molar-refractivity contribution in [1.82, 2.24) is 10.0 Å². The van der Waals surface area contributed by atoms with E-state index in [0.717, 1.165) is 6.42 Å². The molecule has 1 aliphatic carbocycles. The molecule has 0 aromatic carbocycles. The van der Waals surface area contributed by atoms with Gasteiger partial charge in [0, 0.05) is 18.7 Å². The van der Waals surface area contributed by atoms with E-state index in [0.29, 0.717) is 24.9 Å². The van der Waals surface area contributed by atoms with Crippen LogP contribution in [0.2, 0.25) is 0 Å². The molecule has 120 valence electrons. The average Bonchev–Trinajstić information content (AvgIpc) is 3.07. The Balaban J connectivity index is 1.97. The Labute approximate surface area is 135 Å². The molecule has 0 aliphatic heterocycles. The molecular formula is C14H23BrN2O3S. The third kappa shape index (κ3) is 5.39. The molecule has 21 heavy (non-hydrogen) atoms. The van der Waals surface area contributed by atoms with Crippen LogP contribution < -0.4 is 10.0 Å². The van der Waals surface area contributed by atoms with Gasteiger partial charge in [0.2, 0.25) is 10.0 Å². The summed E-state index contributed by atoms with van der Waals surface area (Å²) >= 11 is 3.19. The maximum atomic E-state index is 12.3. The standard InChI is InChI=1S/C14H23BrN2O3S/c1-14(2,3)6-7-17-21(18,19)12-8-11(20-13(12)15)9-16-10-4-5-10/h8,10,16-17H,4-7,9H2,1-3H3. The van der Waals surface area contributed by atoms with Crippen LogP contribution in [-0.2, 0) is 16.6 Å². The van der Waals surface area contributed by atoms with E-state index in [1.807, 2.05) is 0 Å². The van der Waals surface area contributed by atoms with E-state index < -0.39 is 10.0 Å². The lowest BCUT2D eigenvalue weighted by atomic mass is 9.93. The Morgan fingerprint density at radius 1 is 1.38 bits per heavy atom. The highest BCUT2D eigenvalue weighted by Crippen LogP contribution is 2.27. The maximum absolute atomic E-state index is 12.3. The van der Waals surface area contributed by atoms with E-state index >= 15 is 0 Å². The minimum atomic E-state index is -3.53. The number of hydrogen-bond acceptors (Lipinski definition) is 4. The van der Waals surface area contributed by atoms with Gasteiger partial charge in [-0.3, -0.25) is 0 Å². The van der Waals surface area contributed by atoms with Crippen molar-refractivity contribution >= 4 is 26.0 Å². The Hall–Kier alpha value is -0.370. The molecule has 2 N–H and O–H groups in total. The molecule has 0 bridgehead atoms. The first-order chi connectivity index (χ1) is 9.67. The highest BCUT2D eigenvalue weighted by atomic mass is 79.9. The van der Waals surface area contributed by atoms with Crippen LogP contribution in [-0.4, -0.2) is 21.0 Å². The molecule has 1 aliphatic rings. The number of halogens is 1. The van der Waals surface area contributed by atoms with Crippen LogP contribution in [0.1, 0.15) is 45.8 Å². The van der Waals surface area contributed by atoms with Gasteiger partial charge in [-0.05, 0) is 40.6 Å². The number of hydrogen-bond donors (Lipinski definition) is 2. The summed E-state index contributed by atoms with van der Waals surface area (Å²) in [4.78, 5) is 0.170. The zero-order valence-corrected chi connectivity index (χ0v) is 15.1. The van der Waals surface area contributed by atoms with Crippen molar-refractivity contribution in [3.05, 3.63) is 16.5 Å². The molecule has 2 rings (SSSR count). The van der Waals surface area contributed by atoms with Crippen molar-refractivity contribution in [2.45, 2.75) is 57.5 Å². The first-order valence-electron chi connectivity index (χ1n) is 7.19. The van der Waals surface area contributed by atoms with Crippen molar-refractivity contribution in [2.24, 2.45) is 5.41 Å². The first-order valence-corrected chi connectivity index (χ1v) is 9.46. The zero-order chi connectivity index (χ0) is 15.7. The Kier molecular flexibility index (Phi) is 5.18. The summed E-state index contributed by atoms with van der Waals surface area (Å²) in [5.74, 6) is 0.630. The molecule has 1 aromatic rings. The third-order valence-electron chi connectivity index (χ3n) is 3.31. The summed E-state index contributed by atoms with van der Waals surface area (Å²) in [6.07, 6.45) is 3.14. The van der Waals surface area contributed by atoms with Crippen molar-refractivity contribution in [2.75, 3.05) is 6.54 Å². The molecule has 7 heteroatoms. The molecule has 1 fully saturated rings. The zero-order valence-electron chi connectivity index (χ0n) is 12.7. The lowest BCUT2D eigenvalue weighted by Crippen LogP contribution is -2.27. The number of sulfonamides is 1.